The zero-order valence-electron chi connectivity index (χ0n) is 12.6. The number of nitrogens with zero attached hydrogens (tertiary/aromatic N) is 1. The minimum absolute atomic E-state index is 0.0146. The molecule has 1 heterocycles. The molecule has 0 bridgehead atoms. The summed E-state index contributed by atoms with van der Waals surface area (Å²) in [7, 11) is 0. The summed E-state index contributed by atoms with van der Waals surface area (Å²) in [5, 5.41) is 8.96. The van der Waals surface area contributed by atoms with Gasteiger partial charge in [-0.3, -0.25) is 0 Å². The summed E-state index contributed by atoms with van der Waals surface area (Å²) in [4.78, 5) is 13.8. The lowest BCUT2D eigenvalue weighted by Crippen LogP contribution is -2.49. The average molecular weight is 272 g/mol. The number of likely N-dealkylation sites (tertiary alicyclic amines) is 1. The summed E-state index contributed by atoms with van der Waals surface area (Å²) in [5.74, 6) is 0.702. The maximum atomic E-state index is 12.0. The highest BCUT2D eigenvalue weighted by Crippen LogP contribution is 2.27. The maximum Gasteiger partial charge on any atom is 0.410 e. The molecule has 1 amide bonds. The Morgan fingerprint density at radius 3 is 2.63 bits per heavy atom. The Labute approximate surface area is 116 Å². The van der Waals surface area contributed by atoms with Crippen molar-refractivity contribution in [3.8, 4) is 0 Å². The number of rotatable bonds is 3. The molecular weight excluding hydrogens is 244 g/mol. The van der Waals surface area contributed by atoms with Crippen molar-refractivity contribution in [3.05, 3.63) is 0 Å². The summed E-state index contributed by atoms with van der Waals surface area (Å²) in [5.41, 5.74) is 5.62. The van der Waals surface area contributed by atoms with Gasteiger partial charge >= 0.3 is 6.09 Å². The van der Waals surface area contributed by atoms with Gasteiger partial charge < -0.3 is 20.5 Å². The van der Waals surface area contributed by atoms with Crippen LogP contribution in [0.2, 0.25) is 0 Å². The second kappa shape index (κ2) is 6.57. The van der Waals surface area contributed by atoms with Crippen molar-refractivity contribution in [3.63, 3.8) is 0 Å². The minimum atomic E-state index is -0.454. The zero-order valence-corrected chi connectivity index (χ0v) is 12.6. The van der Waals surface area contributed by atoms with Gasteiger partial charge in [0.1, 0.15) is 5.60 Å². The first-order valence-corrected chi connectivity index (χ1v) is 7.09. The van der Waals surface area contributed by atoms with Gasteiger partial charge in [0.25, 0.3) is 0 Å². The molecule has 0 spiro atoms. The first-order chi connectivity index (χ1) is 8.74. The Bertz CT molecular complexity index is 302. The van der Waals surface area contributed by atoms with Crippen molar-refractivity contribution in [2.75, 3.05) is 19.7 Å². The number of carbonyl (C=O) groups excluding carboxylic acids is 1. The number of hydrogen-bond acceptors (Lipinski definition) is 4. The molecule has 0 saturated carbocycles. The van der Waals surface area contributed by atoms with E-state index >= 15 is 0 Å². The van der Waals surface area contributed by atoms with E-state index in [0.29, 0.717) is 31.3 Å². The van der Waals surface area contributed by atoms with Crippen molar-refractivity contribution in [1.82, 2.24) is 4.90 Å². The van der Waals surface area contributed by atoms with E-state index in [-0.39, 0.29) is 18.7 Å². The van der Waals surface area contributed by atoms with Crippen LogP contribution in [0, 0.1) is 11.8 Å². The molecule has 112 valence electrons. The fourth-order valence-corrected chi connectivity index (χ4v) is 2.66. The third-order valence-electron chi connectivity index (χ3n) is 3.64. The summed E-state index contributed by atoms with van der Waals surface area (Å²) in [6.07, 6.45) is 1.26. The lowest BCUT2D eigenvalue weighted by molar-refractivity contribution is 0.00920. The van der Waals surface area contributed by atoms with Gasteiger partial charge in [-0.25, -0.2) is 4.79 Å². The average Bonchev–Trinajstić information content (AvgIpc) is 2.26. The van der Waals surface area contributed by atoms with E-state index in [4.69, 9.17) is 15.6 Å². The molecule has 0 aromatic rings. The third-order valence-corrected chi connectivity index (χ3v) is 3.64. The van der Waals surface area contributed by atoms with E-state index in [9.17, 15) is 4.79 Å². The quantitative estimate of drug-likeness (QED) is 0.818. The van der Waals surface area contributed by atoms with Crippen LogP contribution < -0.4 is 5.73 Å². The van der Waals surface area contributed by atoms with E-state index < -0.39 is 5.60 Å². The SMILES string of the molecule is CC1CN(C(=O)OC(C)(C)C)CCC1C(N)CCO. The summed E-state index contributed by atoms with van der Waals surface area (Å²) in [6.45, 7) is 9.22. The molecule has 1 aliphatic heterocycles. The Morgan fingerprint density at radius 2 is 2.16 bits per heavy atom. The molecule has 1 saturated heterocycles. The molecule has 3 atom stereocenters. The van der Waals surface area contributed by atoms with Crippen molar-refractivity contribution in [1.29, 1.82) is 0 Å². The van der Waals surface area contributed by atoms with Crippen molar-refractivity contribution >= 4 is 6.09 Å². The molecule has 1 rings (SSSR count). The fraction of sp³-hybridized carbons (Fsp3) is 0.929. The molecule has 0 radical (unpaired) electrons. The van der Waals surface area contributed by atoms with Crippen LogP contribution in [0.1, 0.15) is 40.5 Å². The lowest BCUT2D eigenvalue weighted by atomic mass is 9.81. The van der Waals surface area contributed by atoms with Crippen molar-refractivity contribution < 1.29 is 14.6 Å². The standard InChI is InChI=1S/C14H28N2O3/c1-10-9-16(13(18)19-14(2,3)4)7-5-11(10)12(15)6-8-17/h10-12,17H,5-9,15H2,1-4H3. The third kappa shape index (κ3) is 4.99. The minimum Gasteiger partial charge on any atom is -0.444 e. The van der Waals surface area contributed by atoms with Crippen molar-refractivity contribution in [2.24, 2.45) is 17.6 Å². The topological polar surface area (TPSA) is 75.8 Å². The predicted molar refractivity (Wildman–Crippen MR) is 74.8 cm³/mol. The number of hydrogen-bond donors (Lipinski definition) is 2. The van der Waals surface area contributed by atoms with Gasteiger partial charge in [0.05, 0.1) is 0 Å². The van der Waals surface area contributed by atoms with Crippen LogP contribution in [-0.4, -0.2) is 47.4 Å². The highest BCUT2D eigenvalue weighted by atomic mass is 16.6. The number of aliphatic hydroxyl groups excluding tert-OH is 1. The number of nitrogens with two attached hydrogens (primary N) is 1. The fourth-order valence-electron chi connectivity index (χ4n) is 2.66. The molecule has 19 heavy (non-hydrogen) atoms. The molecule has 5 heteroatoms. The molecule has 1 fully saturated rings. The summed E-state index contributed by atoms with van der Waals surface area (Å²) in [6, 6.07) is 0.0146. The predicted octanol–water partition coefficient (Wildman–Crippen LogP) is 1.59. The Hall–Kier alpha value is -0.810. The first kappa shape index (κ1) is 16.2. The van der Waals surface area contributed by atoms with E-state index in [0.717, 1.165) is 6.42 Å². The van der Waals surface area contributed by atoms with Crippen LogP contribution in [0.5, 0.6) is 0 Å². The molecule has 3 N–H and O–H groups in total. The molecule has 3 unspecified atom stereocenters. The van der Waals surface area contributed by atoms with E-state index in [1.165, 1.54) is 0 Å². The van der Waals surface area contributed by atoms with Gasteiger partial charge in [0, 0.05) is 25.7 Å². The van der Waals surface area contributed by atoms with Crippen LogP contribution in [-0.2, 0) is 4.74 Å². The molecule has 0 aliphatic carbocycles. The zero-order chi connectivity index (χ0) is 14.6. The van der Waals surface area contributed by atoms with Gasteiger partial charge in [-0.2, -0.15) is 0 Å². The Kier molecular flexibility index (Phi) is 5.62. The van der Waals surface area contributed by atoms with Crippen LogP contribution >= 0.6 is 0 Å². The molecular formula is C14H28N2O3. The highest BCUT2D eigenvalue weighted by molar-refractivity contribution is 5.68. The van der Waals surface area contributed by atoms with E-state index in [1.807, 2.05) is 20.8 Å². The maximum absolute atomic E-state index is 12.0. The Balaban J connectivity index is 2.51. The van der Waals surface area contributed by atoms with Crippen LogP contribution in [0.15, 0.2) is 0 Å². The lowest BCUT2D eigenvalue weighted by Gasteiger charge is -2.39. The van der Waals surface area contributed by atoms with Gasteiger partial charge in [-0.1, -0.05) is 6.92 Å². The normalized spacial score (nSPS) is 26.1. The molecule has 5 nitrogen and oxygen atoms in total. The summed E-state index contributed by atoms with van der Waals surface area (Å²) >= 11 is 0. The van der Waals surface area contributed by atoms with Crippen LogP contribution in [0.4, 0.5) is 4.79 Å². The first-order valence-electron chi connectivity index (χ1n) is 7.09. The Morgan fingerprint density at radius 1 is 1.53 bits per heavy atom. The second-order valence-electron chi connectivity index (χ2n) is 6.53. The number of piperidine rings is 1. The summed E-state index contributed by atoms with van der Waals surface area (Å²) < 4.78 is 5.38. The molecule has 0 aromatic heterocycles. The number of aliphatic hydroxyl groups is 1. The van der Waals surface area contributed by atoms with Crippen LogP contribution in [0.25, 0.3) is 0 Å². The van der Waals surface area contributed by atoms with Crippen LogP contribution in [0.3, 0.4) is 0 Å². The van der Waals surface area contributed by atoms with Gasteiger partial charge in [0.2, 0.25) is 0 Å². The van der Waals surface area contributed by atoms with Gasteiger partial charge in [-0.15, -0.1) is 0 Å². The van der Waals surface area contributed by atoms with Gasteiger partial charge in [0.15, 0.2) is 0 Å². The number of ether oxygens (including phenoxy) is 1. The smallest absolute Gasteiger partial charge is 0.410 e. The van der Waals surface area contributed by atoms with Gasteiger partial charge in [-0.05, 0) is 45.4 Å². The number of amides is 1. The second-order valence-corrected chi connectivity index (χ2v) is 6.53. The van der Waals surface area contributed by atoms with Crippen molar-refractivity contribution in [2.45, 2.75) is 52.2 Å². The molecule has 1 aliphatic rings. The monoisotopic (exact) mass is 272 g/mol. The van der Waals surface area contributed by atoms with E-state index in [2.05, 4.69) is 6.92 Å². The van der Waals surface area contributed by atoms with E-state index in [1.54, 1.807) is 4.90 Å². The molecule has 0 aromatic carbocycles. The largest absolute Gasteiger partial charge is 0.444 e. The number of carbonyl (C=O) groups is 1. The highest BCUT2D eigenvalue weighted by Gasteiger charge is 2.33.